The molecule has 0 atom stereocenters. The van der Waals surface area contributed by atoms with Gasteiger partial charge in [0, 0.05) is 31.8 Å². The monoisotopic (exact) mass is 536 g/mol. The van der Waals surface area contributed by atoms with E-state index in [4.69, 9.17) is 13.9 Å². The van der Waals surface area contributed by atoms with Gasteiger partial charge in [0.2, 0.25) is 5.88 Å². The Kier molecular flexibility index (Phi) is 11.3. The zero-order valence-corrected chi connectivity index (χ0v) is 20.0. The van der Waals surface area contributed by atoms with Crippen LogP contribution in [0.3, 0.4) is 0 Å². The number of ether oxygens (including phenoxy) is 2. The Hall–Kier alpha value is -2.75. The molecule has 0 radical (unpaired) electrons. The number of furan rings is 1. The van der Waals surface area contributed by atoms with Crippen molar-refractivity contribution in [3.63, 3.8) is 0 Å². The summed E-state index contributed by atoms with van der Waals surface area (Å²) < 4.78 is 16.6. The fraction of sp³-hybridized carbons (Fsp3) is 0.304. The third kappa shape index (κ3) is 9.29. The molecule has 0 aliphatic rings. The number of halogens is 1. The number of aliphatic imine (C=N–C) groups is 1. The molecule has 0 saturated carbocycles. The lowest BCUT2D eigenvalue weighted by atomic mass is 10.3. The summed E-state index contributed by atoms with van der Waals surface area (Å²) in [4.78, 5) is 8.95. The van der Waals surface area contributed by atoms with Crippen LogP contribution >= 0.6 is 24.0 Å². The van der Waals surface area contributed by atoms with E-state index in [1.165, 1.54) is 0 Å². The highest BCUT2D eigenvalue weighted by Crippen LogP contribution is 2.10. The van der Waals surface area contributed by atoms with Crippen molar-refractivity contribution in [1.29, 1.82) is 0 Å². The minimum atomic E-state index is 0. The van der Waals surface area contributed by atoms with Crippen LogP contribution in [0.4, 0.5) is 0 Å². The fourth-order valence-electron chi connectivity index (χ4n) is 2.68. The van der Waals surface area contributed by atoms with Crippen LogP contribution < -0.4 is 20.1 Å². The predicted octanol–water partition coefficient (Wildman–Crippen LogP) is 4.05. The zero-order chi connectivity index (χ0) is 20.9. The van der Waals surface area contributed by atoms with Crippen molar-refractivity contribution in [1.82, 2.24) is 15.6 Å². The molecule has 8 heteroatoms. The van der Waals surface area contributed by atoms with Gasteiger partial charge < -0.3 is 24.5 Å². The van der Waals surface area contributed by atoms with Gasteiger partial charge in [-0.2, -0.15) is 0 Å². The molecule has 0 aliphatic heterocycles. The molecule has 0 bridgehead atoms. The predicted molar refractivity (Wildman–Crippen MR) is 132 cm³/mol. The van der Waals surface area contributed by atoms with Crippen molar-refractivity contribution in [3.8, 4) is 11.6 Å². The molecule has 0 unspecified atom stereocenters. The summed E-state index contributed by atoms with van der Waals surface area (Å²) in [5.41, 5.74) is 1.01. The van der Waals surface area contributed by atoms with E-state index < -0.39 is 0 Å². The number of nitrogens with one attached hydrogen (secondary N) is 2. The summed E-state index contributed by atoms with van der Waals surface area (Å²) in [7, 11) is 0. The van der Waals surface area contributed by atoms with Crippen molar-refractivity contribution in [2.24, 2.45) is 4.99 Å². The summed E-state index contributed by atoms with van der Waals surface area (Å²) in [5, 5.41) is 6.55. The quantitative estimate of drug-likeness (QED) is 0.167. The van der Waals surface area contributed by atoms with Gasteiger partial charge in [-0.3, -0.25) is 0 Å². The third-order valence-electron chi connectivity index (χ3n) is 4.15. The standard InChI is InChI=1S/C23H28N4O3.HI/c1-2-24-23(25-13-12-21-9-6-14-28-21)27-18-19-10-11-22(26-17-19)30-16-15-29-20-7-4-3-5-8-20;/h3-11,14,17H,2,12-13,15-16,18H2,1H3,(H2,24,25,27);1H. The number of hydrogen-bond donors (Lipinski definition) is 2. The Morgan fingerprint density at radius 3 is 2.55 bits per heavy atom. The van der Waals surface area contributed by atoms with E-state index in [2.05, 4.69) is 20.6 Å². The molecule has 0 fully saturated rings. The SMILES string of the molecule is CCNC(=NCc1ccc(OCCOc2ccccc2)nc1)NCCc1ccco1.I. The highest BCUT2D eigenvalue weighted by Gasteiger charge is 2.01. The van der Waals surface area contributed by atoms with Gasteiger partial charge in [-0.1, -0.05) is 24.3 Å². The van der Waals surface area contributed by atoms with Gasteiger partial charge in [0.25, 0.3) is 0 Å². The number of hydrogen-bond acceptors (Lipinski definition) is 5. The zero-order valence-electron chi connectivity index (χ0n) is 17.6. The number of pyridine rings is 1. The molecule has 31 heavy (non-hydrogen) atoms. The average Bonchev–Trinajstić information content (AvgIpc) is 3.30. The van der Waals surface area contributed by atoms with Crippen LogP contribution in [0.2, 0.25) is 0 Å². The normalized spacial score (nSPS) is 10.8. The van der Waals surface area contributed by atoms with Crippen LogP contribution in [0.25, 0.3) is 0 Å². The van der Waals surface area contributed by atoms with Gasteiger partial charge in [-0.15, -0.1) is 24.0 Å². The Balaban J connectivity index is 0.00000341. The van der Waals surface area contributed by atoms with E-state index in [0.717, 1.165) is 42.5 Å². The minimum absolute atomic E-state index is 0. The average molecular weight is 536 g/mol. The van der Waals surface area contributed by atoms with E-state index in [1.807, 2.05) is 61.5 Å². The topological polar surface area (TPSA) is 80.9 Å². The van der Waals surface area contributed by atoms with E-state index in [0.29, 0.717) is 25.6 Å². The van der Waals surface area contributed by atoms with Gasteiger partial charge in [-0.25, -0.2) is 9.98 Å². The molecular weight excluding hydrogens is 507 g/mol. The van der Waals surface area contributed by atoms with E-state index in [9.17, 15) is 0 Å². The van der Waals surface area contributed by atoms with Crippen molar-refractivity contribution < 1.29 is 13.9 Å². The molecule has 2 heterocycles. The second-order valence-corrected chi connectivity index (χ2v) is 6.47. The summed E-state index contributed by atoms with van der Waals surface area (Å²) in [6.45, 7) is 5.01. The number of rotatable bonds is 11. The van der Waals surface area contributed by atoms with Crippen LogP contribution in [-0.2, 0) is 13.0 Å². The third-order valence-corrected chi connectivity index (χ3v) is 4.15. The minimum Gasteiger partial charge on any atom is -0.490 e. The molecule has 0 amide bonds. The molecule has 1 aromatic carbocycles. The number of benzene rings is 1. The molecule has 2 aromatic heterocycles. The number of nitrogens with zero attached hydrogens (tertiary/aromatic N) is 2. The second-order valence-electron chi connectivity index (χ2n) is 6.47. The Labute approximate surface area is 200 Å². The molecule has 7 nitrogen and oxygen atoms in total. The molecule has 166 valence electrons. The van der Waals surface area contributed by atoms with Gasteiger partial charge >= 0.3 is 0 Å². The van der Waals surface area contributed by atoms with Crippen molar-refractivity contribution >= 4 is 29.9 Å². The van der Waals surface area contributed by atoms with Crippen molar-refractivity contribution in [3.05, 3.63) is 78.4 Å². The van der Waals surface area contributed by atoms with E-state index in [1.54, 1.807) is 12.5 Å². The molecule has 3 rings (SSSR count). The van der Waals surface area contributed by atoms with Crippen LogP contribution in [0.1, 0.15) is 18.2 Å². The lowest BCUT2D eigenvalue weighted by Crippen LogP contribution is -2.38. The summed E-state index contributed by atoms with van der Waals surface area (Å²) in [5.74, 6) is 3.12. The summed E-state index contributed by atoms with van der Waals surface area (Å²) in [6.07, 6.45) is 4.27. The van der Waals surface area contributed by atoms with Crippen LogP contribution in [0.15, 0.2) is 76.5 Å². The van der Waals surface area contributed by atoms with Crippen molar-refractivity contribution in [2.45, 2.75) is 19.9 Å². The van der Waals surface area contributed by atoms with Gasteiger partial charge in [-0.05, 0) is 36.8 Å². The Morgan fingerprint density at radius 2 is 1.84 bits per heavy atom. The first-order valence-corrected chi connectivity index (χ1v) is 10.1. The molecule has 0 saturated heterocycles. The van der Waals surface area contributed by atoms with Crippen LogP contribution in [0.5, 0.6) is 11.6 Å². The lowest BCUT2D eigenvalue weighted by Gasteiger charge is -2.11. The van der Waals surface area contributed by atoms with E-state index >= 15 is 0 Å². The highest BCUT2D eigenvalue weighted by molar-refractivity contribution is 14.0. The van der Waals surface area contributed by atoms with E-state index in [-0.39, 0.29) is 24.0 Å². The second kappa shape index (κ2) is 14.3. The highest BCUT2D eigenvalue weighted by atomic mass is 127. The Morgan fingerprint density at radius 1 is 1.00 bits per heavy atom. The molecular formula is C23H29IN4O3. The fourth-order valence-corrected chi connectivity index (χ4v) is 2.68. The molecule has 2 N–H and O–H groups in total. The smallest absolute Gasteiger partial charge is 0.213 e. The van der Waals surface area contributed by atoms with Crippen LogP contribution in [0, 0.1) is 0 Å². The summed E-state index contributed by atoms with van der Waals surface area (Å²) in [6, 6.07) is 17.4. The van der Waals surface area contributed by atoms with Gasteiger partial charge in [0.1, 0.15) is 24.7 Å². The lowest BCUT2D eigenvalue weighted by molar-refractivity contribution is 0.212. The summed E-state index contributed by atoms with van der Waals surface area (Å²) >= 11 is 0. The Bertz CT molecular complexity index is 872. The first-order valence-electron chi connectivity index (χ1n) is 10.1. The molecule has 3 aromatic rings. The van der Waals surface area contributed by atoms with Gasteiger partial charge in [0.05, 0.1) is 12.8 Å². The first kappa shape index (κ1) is 24.5. The molecule has 0 spiro atoms. The van der Waals surface area contributed by atoms with Gasteiger partial charge in [0.15, 0.2) is 5.96 Å². The van der Waals surface area contributed by atoms with Crippen LogP contribution in [-0.4, -0.2) is 37.2 Å². The molecule has 0 aliphatic carbocycles. The van der Waals surface area contributed by atoms with Crippen molar-refractivity contribution in [2.75, 3.05) is 26.3 Å². The number of guanidine groups is 1. The number of aromatic nitrogens is 1. The maximum absolute atomic E-state index is 5.63. The largest absolute Gasteiger partial charge is 0.490 e. The number of para-hydroxylation sites is 1. The maximum atomic E-state index is 5.63. The maximum Gasteiger partial charge on any atom is 0.213 e. The first-order chi connectivity index (χ1) is 14.8.